The number of nitrogens with zero attached hydrogens (tertiary/aromatic N) is 3. The predicted molar refractivity (Wildman–Crippen MR) is 70.8 cm³/mol. The molecule has 3 N–H and O–H groups in total. The van der Waals surface area contributed by atoms with Gasteiger partial charge in [0.05, 0.1) is 4.92 Å². The highest BCUT2D eigenvalue weighted by Crippen LogP contribution is 2.29. The molecule has 0 saturated carbocycles. The first kappa shape index (κ1) is 14.9. The van der Waals surface area contributed by atoms with Crippen LogP contribution in [-0.2, 0) is 18.3 Å². The average molecular weight is 269 g/mol. The van der Waals surface area contributed by atoms with Gasteiger partial charge in [0, 0.05) is 19.5 Å². The monoisotopic (exact) mass is 269 g/mol. The van der Waals surface area contributed by atoms with Crippen LogP contribution in [0.3, 0.4) is 0 Å². The zero-order valence-corrected chi connectivity index (χ0v) is 11.3. The molecule has 1 amide bonds. The van der Waals surface area contributed by atoms with E-state index in [1.54, 1.807) is 14.0 Å². The van der Waals surface area contributed by atoms with Gasteiger partial charge >= 0.3 is 5.69 Å². The van der Waals surface area contributed by atoms with E-state index in [9.17, 15) is 14.9 Å². The van der Waals surface area contributed by atoms with Crippen molar-refractivity contribution in [3.8, 4) is 0 Å². The lowest BCUT2D eigenvalue weighted by Gasteiger charge is -2.12. The molecule has 1 unspecified atom stereocenters. The molecular formula is C11H19N5O3. The summed E-state index contributed by atoms with van der Waals surface area (Å²) in [6.07, 6.45) is 1.41. The molecule has 0 aliphatic carbocycles. The number of hydrogen-bond donors (Lipinski definition) is 2. The minimum absolute atomic E-state index is 0.0272. The largest absolute Gasteiger partial charge is 0.370 e. The molecule has 19 heavy (non-hydrogen) atoms. The van der Waals surface area contributed by atoms with E-state index in [0.717, 1.165) is 6.42 Å². The number of nitro groups is 1. The molecule has 0 aromatic carbocycles. The Morgan fingerprint density at radius 2 is 2.26 bits per heavy atom. The number of primary amides is 1. The van der Waals surface area contributed by atoms with Crippen molar-refractivity contribution < 1.29 is 9.72 Å². The number of aryl methyl sites for hydroxylation is 2. The van der Waals surface area contributed by atoms with Crippen LogP contribution in [0.2, 0.25) is 0 Å². The smallest absolute Gasteiger partial charge is 0.333 e. The molecule has 1 heterocycles. The summed E-state index contributed by atoms with van der Waals surface area (Å²) in [5, 5.41) is 18.2. The Hall–Kier alpha value is -2.12. The summed E-state index contributed by atoms with van der Waals surface area (Å²) >= 11 is 0. The molecule has 1 atom stereocenters. The normalized spacial score (nSPS) is 12.2. The number of carbonyl (C=O) groups excluding carboxylic acids is 1. The van der Waals surface area contributed by atoms with Crippen LogP contribution in [-0.4, -0.2) is 26.7 Å². The summed E-state index contributed by atoms with van der Waals surface area (Å²) in [6, 6.07) is -0.291. The molecule has 0 spiro atoms. The molecule has 1 aromatic rings. The third-order valence-electron chi connectivity index (χ3n) is 2.65. The highest BCUT2D eigenvalue weighted by molar-refractivity contribution is 5.75. The number of nitrogens with two attached hydrogens (primary N) is 1. The second kappa shape index (κ2) is 6.17. The first-order valence-corrected chi connectivity index (χ1v) is 6.11. The summed E-state index contributed by atoms with van der Waals surface area (Å²) in [7, 11) is 1.63. The maximum absolute atomic E-state index is 11.2. The third-order valence-corrected chi connectivity index (χ3v) is 2.65. The number of amides is 1. The van der Waals surface area contributed by atoms with Gasteiger partial charge in [0.15, 0.2) is 0 Å². The molecule has 0 radical (unpaired) electrons. The van der Waals surface area contributed by atoms with Gasteiger partial charge in [-0.1, -0.05) is 13.3 Å². The fraction of sp³-hybridized carbons (Fsp3) is 0.636. The van der Waals surface area contributed by atoms with E-state index in [-0.39, 0.29) is 18.2 Å². The van der Waals surface area contributed by atoms with Crippen LogP contribution in [0, 0.1) is 10.1 Å². The maximum Gasteiger partial charge on any atom is 0.333 e. The summed E-state index contributed by atoms with van der Waals surface area (Å²) < 4.78 is 1.43. The molecule has 0 aliphatic heterocycles. The Morgan fingerprint density at radius 1 is 1.63 bits per heavy atom. The van der Waals surface area contributed by atoms with Gasteiger partial charge in [0.2, 0.25) is 11.7 Å². The highest BCUT2D eigenvalue weighted by Gasteiger charge is 2.27. The fourth-order valence-corrected chi connectivity index (χ4v) is 1.91. The summed E-state index contributed by atoms with van der Waals surface area (Å²) in [4.78, 5) is 21.5. The predicted octanol–water partition coefficient (Wildman–Crippen LogP) is 0.957. The molecule has 106 valence electrons. The van der Waals surface area contributed by atoms with Crippen LogP contribution >= 0.6 is 0 Å². The van der Waals surface area contributed by atoms with Crippen LogP contribution in [0.15, 0.2) is 0 Å². The standard InChI is InChI=1S/C11H19N5O3/c1-4-5-8-10(16(18)19)11(15(3)14-8)13-7(2)6-9(12)17/h7,13H,4-6H2,1-3H3,(H2,12,17). The van der Waals surface area contributed by atoms with E-state index < -0.39 is 10.8 Å². The Labute approximate surface area is 111 Å². The minimum Gasteiger partial charge on any atom is -0.370 e. The van der Waals surface area contributed by atoms with E-state index in [1.165, 1.54) is 4.68 Å². The zero-order chi connectivity index (χ0) is 14.6. The van der Waals surface area contributed by atoms with E-state index in [4.69, 9.17) is 5.73 Å². The van der Waals surface area contributed by atoms with E-state index in [0.29, 0.717) is 17.9 Å². The summed E-state index contributed by atoms with van der Waals surface area (Å²) in [5.74, 6) is -0.152. The van der Waals surface area contributed by atoms with Crippen LogP contribution in [0.25, 0.3) is 0 Å². The molecule has 8 nitrogen and oxygen atoms in total. The average Bonchev–Trinajstić information content (AvgIpc) is 2.54. The molecular weight excluding hydrogens is 250 g/mol. The number of anilines is 1. The third kappa shape index (κ3) is 3.67. The number of hydrogen-bond acceptors (Lipinski definition) is 5. The van der Waals surface area contributed by atoms with Gasteiger partial charge in [-0.3, -0.25) is 14.9 Å². The van der Waals surface area contributed by atoms with Gasteiger partial charge in [-0.05, 0) is 13.3 Å². The van der Waals surface area contributed by atoms with Crippen molar-refractivity contribution >= 4 is 17.4 Å². The van der Waals surface area contributed by atoms with Crippen molar-refractivity contribution in [1.82, 2.24) is 9.78 Å². The second-order valence-corrected chi connectivity index (χ2v) is 4.49. The molecule has 0 saturated heterocycles. The minimum atomic E-state index is -0.460. The summed E-state index contributed by atoms with van der Waals surface area (Å²) in [5.41, 5.74) is 5.52. The molecule has 1 aromatic heterocycles. The maximum atomic E-state index is 11.2. The number of carbonyl (C=O) groups is 1. The Kier molecular flexibility index (Phi) is 4.85. The summed E-state index contributed by atoms with van der Waals surface area (Å²) in [6.45, 7) is 3.67. The van der Waals surface area contributed by atoms with Crippen molar-refractivity contribution in [2.45, 2.75) is 39.2 Å². The quantitative estimate of drug-likeness (QED) is 0.564. The lowest BCUT2D eigenvalue weighted by Crippen LogP contribution is -2.25. The van der Waals surface area contributed by atoms with Crippen LogP contribution < -0.4 is 11.1 Å². The number of aromatic nitrogens is 2. The van der Waals surface area contributed by atoms with E-state index >= 15 is 0 Å². The molecule has 0 fully saturated rings. The first-order valence-electron chi connectivity index (χ1n) is 6.11. The Balaban J connectivity index is 3.05. The number of rotatable bonds is 7. The Morgan fingerprint density at radius 3 is 2.74 bits per heavy atom. The molecule has 0 aliphatic rings. The lowest BCUT2D eigenvalue weighted by atomic mass is 10.2. The van der Waals surface area contributed by atoms with Crippen LogP contribution in [0.4, 0.5) is 11.5 Å². The van der Waals surface area contributed by atoms with Gasteiger partial charge < -0.3 is 11.1 Å². The van der Waals surface area contributed by atoms with Crippen molar-refractivity contribution in [1.29, 1.82) is 0 Å². The van der Waals surface area contributed by atoms with Gasteiger partial charge in [-0.2, -0.15) is 5.10 Å². The Bertz CT molecular complexity index is 483. The molecule has 8 heteroatoms. The molecule has 1 rings (SSSR count). The SMILES string of the molecule is CCCc1nn(C)c(NC(C)CC(N)=O)c1[N+](=O)[O-]. The van der Waals surface area contributed by atoms with E-state index in [2.05, 4.69) is 10.4 Å². The van der Waals surface area contributed by atoms with Crippen molar-refractivity contribution in [2.24, 2.45) is 12.8 Å². The number of nitrogens with one attached hydrogen (secondary N) is 1. The van der Waals surface area contributed by atoms with Crippen molar-refractivity contribution in [3.63, 3.8) is 0 Å². The van der Waals surface area contributed by atoms with Gasteiger partial charge in [0.25, 0.3) is 0 Å². The second-order valence-electron chi connectivity index (χ2n) is 4.49. The first-order chi connectivity index (χ1) is 8.86. The topological polar surface area (TPSA) is 116 Å². The van der Waals surface area contributed by atoms with Crippen LogP contribution in [0.1, 0.15) is 32.4 Å². The highest BCUT2D eigenvalue weighted by atomic mass is 16.6. The lowest BCUT2D eigenvalue weighted by molar-refractivity contribution is -0.384. The van der Waals surface area contributed by atoms with Gasteiger partial charge in [0.1, 0.15) is 5.69 Å². The van der Waals surface area contributed by atoms with Crippen molar-refractivity contribution in [2.75, 3.05) is 5.32 Å². The zero-order valence-electron chi connectivity index (χ0n) is 11.3. The van der Waals surface area contributed by atoms with E-state index in [1.807, 2.05) is 6.92 Å². The van der Waals surface area contributed by atoms with Gasteiger partial charge in [-0.25, -0.2) is 4.68 Å². The molecule has 0 bridgehead atoms. The van der Waals surface area contributed by atoms with Crippen molar-refractivity contribution in [3.05, 3.63) is 15.8 Å². The van der Waals surface area contributed by atoms with Crippen LogP contribution in [0.5, 0.6) is 0 Å². The van der Waals surface area contributed by atoms with Gasteiger partial charge in [-0.15, -0.1) is 0 Å². The fourth-order valence-electron chi connectivity index (χ4n) is 1.91.